The van der Waals surface area contributed by atoms with Gasteiger partial charge in [0, 0.05) is 81.3 Å². The zero-order chi connectivity index (χ0) is 40.1. The number of benzene rings is 2. The molecule has 2 aromatic carbocycles. The Bertz CT molecular complexity index is 1910. The highest BCUT2D eigenvalue weighted by atomic mass is 79.9. The third kappa shape index (κ3) is 9.90. The molecule has 0 atom stereocenters. The van der Waals surface area contributed by atoms with E-state index in [2.05, 4.69) is 146 Å². The minimum Gasteiger partial charge on any atom is -0.691 e. The van der Waals surface area contributed by atoms with E-state index in [9.17, 15) is 10.1 Å². The maximum absolute atomic E-state index is 13.7. The number of hydrogen-bond acceptors (Lipinski definition) is 7. The Labute approximate surface area is 349 Å². The van der Waals surface area contributed by atoms with Crippen LogP contribution >= 0.6 is 43.9 Å². The van der Waals surface area contributed by atoms with Crippen molar-refractivity contribution in [1.82, 2.24) is 4.90 Å². The van der Waals surface area contributed by atoms with Gasteiger partial charge in [-0.05, 0) is 120 Å². The van der Waals surface area contributed by atoms with Crippen molar-refractivity contribution in [2.24, 2.45) is 0 Å². The van der Waals surface area contributed by atoms with Crippen molar-refractivity contribution < 1.29 is 28.7 Å². The van der Waals surface area contributed by atoms with E-state index in [1.54, 1.807) is 4.90 Å². The van der Waals surface area contributed by atoms with Crippen LogP contribution in [0.5, 0.6) is 0 Å². The number of allylic oxidation sites excluding steroid dienone is 7. The van der Waals surface area contributed by atoms with E-state index < -0.39 is 5.60 Å². The molecule has 2 aromatic rings. The second-order valence-corrected chi connectivity index (χ2v) is 19.2. The van der Waals surface area contributed by atoms with Crippen molar-refractivity contribution in [3.05, 3.63) is 103 Å². The molecule has 0 saturated carbocycles. The minimum atomic E-state index is -0.629. The molecule has 0 aromatic heterocycles. The normalized spacial score (nSPS) is 19.0. The first kappa shape index (κ1) is 43.5. The van der Waals surface area contributed by atoms with Gasteiger partial charge in [0.05, 0.1) is 11.1 Å². The van der Waals surface area contributed by atoms with Crippen LogP contribution in [-0.2, 0) is 24.9 Å². The first-order valence-electron chi connectivity index (χ1n) is 19.4. The predicted octanol–water partition coefficient (Wildman–Crippen LogP) is 11.5. The molecule has 2 aliphatic heterocycles. The van der Waals surface area contributed by atoms with Crippen molar-refractivity contribution in [2.45, 2.75) is 117 Å². The lowest BCUT2D eigenvalue weighted by Crippen LogP contribution is -2.34. The number of fused-ring (bicyclic) bond motifs is 2. The molecule has 5 rings (SSSR count). The summed E-state index contributed by atoms with van der Waals surface area (Å²) in [6.45, 7) is 18.9. The lowest BCUT2D eigenvalue weighted by molar-refractivity contribution is -0.777. The summed E-state index contributed by atoms with van der Waals surface area (Å²) in [5.74, 6) is 0.660. The average molecular weight is 900 g/mol. The lowest BCUT2D eigenvalue weighted by Gasteiger charge is -2.28. The van der Waals surface area contributed by atoms with Crippen LogP contribution in [0, 0.1) is 0 Å². The number of halogens is 2. The van der Waals surface area contributed by atoms with Crippen molar-refractivity contribution in [2.75, 3.05) is 30.8 Å². The summed E-state index contributed by atoms with van der Waals surface area (Å²) in [5.41, 5.74) is 9.51. The van der Waals surface area contributed by atoms with Crippen molar-refractivity contribution >= 4 is 67.1 Å². The van der Waals surface area contributed by atoms with E-state index in [1.165, 1.54) is 46.8 Å². The van der Waals surface area contributed by atoms with Crippen LogP contribution < -0.4 is 10.2 Å². The van der Waals surface area contributed by atoms with Crippen LogP contribution in [0.1, 0.15) is 111 Å². The molecule has 0 fully saturated rings. The fourth-order valence-corrected chi connectivity index (χ4v) is 9.18. The quantitative estimate of drug-likeness (QED) is 0.0579. The smallest absolute Gasteiger partial charge is 0.414 e. The highest BCUT2D eigenvalue weighted by Crippen LogP contribution is 2.49. The summed E-state index contributed by atoms with van der Waals surface area (Å²) in [6.07, 6.45) is 15.5. The zero-order valence-corrected chi connectivity index (χ0v) is 37.9. The summed E-state index contributed by atoms with van der Waals surface area (Å²) in [7, 11) is 1.83. The summed E-state index contributed by atoms with van der Waals surface area (Å²) in [6, 6.07) is 13.1. The number of rotatable bonds is 15. The van der Waals surface area contributed by atoms with Crippen molar-refractivity contribution in [3.63, 3.8) is 0 Å². The SMILES string of the molecule is CCCCC[N+]1=C(C=CC2=C(N(C)C(=O)OC(C)(C)C)C(=CC=C3N(CCCCSOO[O-])c4ccc(Br)cc4C3(C)C)CC2)C(C)(C)c2cc(Br)ccc21. The number of carbonyl (C=O) groups excluding carboxylic acids is 1. The molecule has 11 heteroatoms. The molecule has 1 aliphatic carbocycles. The molecule has 1 amide bonds. The minimum absolute atomic E-state index is 0.196. The first-order valence-corrected chi connectivity index (χ1v) is 21.9. The number of anilines is 1. The number of amides is 1. The van der Waals surface area contributed by atoms with Crippen LogP contribution in [0.2, 0.25) is 0 Å². The van der Waals surface area contributed by atoms with E-state index in [4.69, 9.17) is 4.74 Å². The van der Waals surface area contributed by atoms with Gasteiger partial charge in [-0.3, -0.25) is 9.94 Å². The van der Waals surface area contributed by atoms with Gasteiger partial charge in [0.2, 0.25) is 5.69 Å². The molecule has 0 bridgehead atoms. The average Bonchev–Trinajstić information content (AvgIpc) is 3.68. The molecule has 2 heterocycles. The van der Waals surface area contributed by atoms with Gasteiger partial charge in [0.15, 0.2) is 5.71 Å². The van der Waals surface area contributed by atoms with Crippen LogP contribution in [0.4, 0.5) is 16.2 Å². The molecule has 3 aliphatic rings. The lowest BCUT2D eigenvalue weighted by atomic mass is 9.81. The van der Waals surface area contributed by atoms with Gasteiger partial charge in [-0.15, -0.1) is 0 Å². The topological polar surface area (TPSA) is 77.3 Å². The summed E-state index contributed by atoms with van der Waals surface area (Å²) >= 11 is 8.46. The molecule has 8 nitrogen and oxygen atoms in total. The third-order valence-electron chi connectivity index (χ3n) is 10.8. The second-order valence-electron chi connectivity index (χ2n) is 16.6. The molecule has 0 spiro atoms. The van der Waals surface area contributed by atoms with Crippen LogP contribution in [0.25, 0.3) is 0 Å². The number of nitrogens with zero attached hydrogens (tertiary/aromatic N) is 3. The van der Waals surface area contributed by atoms with Gasteiger partial charge in [0.1, 0.15) is 12.1 Å². The van der Waals surface area contributed by atoms with Gasteiger partial charge in [0.25, 0.3) is 0 Å². The van der Waals surface area contributed by atoms with E-state index in [1.807, 2.05) is 27.8 Å². The first-order chi connectivity index (χ1) is 26.0. The Morgan fingerprint density at radius 1 is 0.964 bits per heavy atom. The molecular weight excluding hydrogens is 842 g/mol. The van der Waals surface area contributed by atoms with E-state index in [0.29, 0.717) is 5.75 Å². The van der Waals surface area contributed by atoms with Gasteiger partial charge in [-0.2, -0.15) is 8.91 Å². The Kier molecular flexibility index (Phi) is 14.4. The van der Waals surface area contributed by atoms with Crippen LogP contribution in [-0.4, -0.2) is 52.8 Å². The molecule has 0 unspecified atom stereocenters. The monoisotopic (exact) mass is 897 g/mol. The summed E-state index contributed by atoms with van der Waals surface area (Å²) in [4.78, 5) is 17.8. The van der Waals surface area contributed by atoms with Crippen LogP contribution in [0.3, 0.4) is 0 Å². The molecule has 0 saturated heterocycles. The molecular formula is C44H57Br2N3O5S. The Balaban J connectivity index is 1.57. The Morgan fingerprint density at radius 3 is 2.36 bits per heavy atom. The summed E-state index contributed by atoms with van der Waals surface area (Å²) < 4.78 is 15.0. The zero-order valence-electron chi connectivity index (χ0n) is 33.9. The van der Waals surface area contributed by atoms with E-state index >= 15 is 0 Å². The largest absolute Gasteiger partial charge is 0.691 e. The van der Waals surface area contributed by atoms with Gasteiger partial charge in [-0.25, -0.2) is 4.79 Å². The second kappa shape index (κ2) is 18.3. The number of carbonyl (C=O) groups is 1. The number of unbranched alkanes of at least 4 members (excludes halogenated alkanes) is 3. The third-order valence-corrected chi connectivity index (χ3v) is 12.4. The number of hydrogen-bond donors (Lipinski definition) is 0. The molecule has 0 radical (unpaired) electrons. The van der Waals surface area contributed by atoms with E-state index in [-0.39, 0.29) is 16.9 Å². The summed E-state index contributed by atoms with van der Waals surface area (Å²) in [5, 5.41) is 13.7. The van der Waals surface area contributed by atoms with Gasteiger partial charge >= 0.3 is 6.09 Å². The molecule has 298 valence electrons. The standard InChI is InChI=1S/C44H57Br2N3O5S/c1-10-11-12-25-48-36-21-19-32(45)28-34(36)43(5,6)38(48)23-17-30-15-16-31(40(30)47(9)41(50)52-42(2,3)4)18-24-39-44(7,8)35-29-33(46)20-22-37(35)49(39)26-13-14-27-55-54-53-51/h17-24,28-29H,10-16,25-27H2,1-9H3. The maximum atomic E-state index is 13.7. The van der Waals surface area contributed by atoms with Crippen molar-refractivity contribution in [1.29, 1.82) is 0 Å². The van der Waals surface area contributed by atoms with E-state index in [0.717, 1.165) is 83.0 Å². The molecule has 0 N–H and O–H groups in total. The van der Waals surface area contributed by atoms with Gasteiger partial charge in [-0.1, -0.05) is 71.2 Å². The predicted molar refractivity (Wildman–Crippen MR) is 230 cm³/mol. The Hall–Kier alpha value is -2.67. The molecule has 55 heavy (non-hydrogen) atoms. The number of ether oxygens (including phenoxy) is 1. The van der Waals surface area contributed by atoms with Gasteiger partial charge < -0.3 is 14.9 Å². The fourth-order valence-electron chi connectivity index (χ4n) is 8.03. The highest BCUT2D eigenvalue weighted by molar-refractivity contribution is 9.10. The van der Waals surface area contributed by atoms with Crippen LogP contribution in [0.15, 0.2) is 92.2 Å². The Morgan fingerprint density at radius 2 is 1.67 bits per heavy atom. The number of likely N-dealkylation sites (N-methyl/N-ethyl adjacent to an activating group) is 1. The highest BCUT2D eigenvalue weighted by Gasteiger charge is 2.44. The van der Waals surface area contributed by atoms with Crippen molar-refractivity contribution in [3.8, 4) is 0 Å². The fraction of sp³-hybridized carbons (Fsp3) is 0.500. The maximum Gasteiger partial charge on any atom is 0.414 e.